The molecule has 0 saturated heterocycles. The van der Waals surface area contributed by atoms with Crippen LogP contribution in [-0.2, 0) is 18.4 Å². The van der Waals surface area contributed by atoms with Crippen LogP contribution < -0.4 is 10.6 Å². The maximum atomic E-state index is 12.6. The van der Waals surface area contributed by atoms with E-state index in [0.29, 0.717) is 11.1 Å². The lowest BCUT2D eigenvalue weighted by molar-refractivity contribution is -0.124. The molecule has 1 unspecified atom stereocenters. The van der Waals surface area contributed by atoms with E-state index in [2.05, 4.69) is 15.7 Å². The van der Waals surface area contributed by atoms with Gasteiger partial charge in [-0.15, -0.1) is 0 Å². The van der Waals surface area contributed by atoms with E-state index in [4.69, 9.17) is 0 Å². The van der Waals surface area contributed by atoms with Crippen LogP contribution in [0, 0.1) is 12.8 Å². The molecule has 1 atom stereocenters. The van der Waals surface area contributed by atoms with Crippen molar-refractivity contribution in [2.45, 2.75) is 33.4 Å². The topological polar surface area (TPSA) is 113 Å². The summed E-state index contributed by atoms with van der Waals surface area (Å²) >= 11 is 0. The first kappa shape index (κ1) is 20.2. The quantitative estimate of drug-likeness (QED) is 0.682. The smallest absolute Gasteiger partial charge is 0.354 e. The minimum Gasteiger partial charge on any atom is -0.477 e. The molecule has 1 aromatic carbocycles. The molecule has 0 fully saturated rings. The fourth-order valence-corrected chi connectivity index (χ4v) is 2.76. The van der Waals surface area contributed by atoms with Crippen LogP contribution in [0.15, 0.2) is 30.5 Å². The summed E-state index contributed by atoms with van der Waals surface area (Å²) in [7, 11) is 1.52. The fraction of sp³-hybridized carbons (Fsp3) is 0.368. The Morgan fingerprint density at radius 3 is 2.48 bits per heavy atom. The predicted octanol–water partition coefficient (Wildman–Crippen LogP) is 1.50. The molecule has 2 aromatic rings. The second-order valence-corrected chi connectivity index (χ2v) is 6.68. The van der Waals surface area contributed by atoms with Crippen molar-refractivity contribution in [3.63, 3.8) is 0 Å². The van der Waals surface area contributed by atoms with Gasteiger partial charge in [0.1, 0.15) is 6.04 Å². The Labute approximate surface area is 157 Å². The molecule has 2 amide bonds. The van der Waals surface area contributed by atoms with Gasteiger partial charge in [-0.25, -0.2) is 4.79 Å². The zero-order valence-corrected chi connectivity index (χ0v) is 15.8. The normalized spacial score (nSPS) is 11.9. The largest absolute Gasteiger partial charge is 0.477 e. The number of aromatic carboxylic acids is 1. The van der Waals surface area contributed by atoms with Crippen LogP contribution in [0.2, 0.25) is 0 Å². The van der Waals surface area contributed by atoms with Gasteiger partial charge in [0.25, 0.3) is 5.91 Å². The first-order valence-corrected chi connectivity index (χ1v) is 8.60. The molecule has 8 nitrogen and oxygen atoms in total. The van der Waals surface area contributed by atoms with E-state index < -0.39 is 12.0 Å². The summed E-state index contributed by atoms with van der Waals surface area (Å²) < 4.78 is 1.24. The highest BCUT2D eigenvalue weighted by atomic mass is 16.4. The molecule has 144 valence electrons. The number of aryl methyl sites for hydroxylation is 2. The Bertz CT molecular complexity index is 857. The molecule has 1 heterocycles. The van der Waals surface area contributed by atoms with Gasteiger partial charge in [-0.2, -0.15) is 5.10 Å². The average Bonchev–Trinajstić information content (AvgIpc) is 2.98. The molecule has 0 bridgehead atoms. The third-order valence-corrected chi connectivity index (χ3v) is 4.30. The Hall–Kier alpha value is -3.16. The highest BCUT2D eigenvalue weighted by Gasteiger charge is 2.26. The zero-order valence-electron chi connectivity index (χ0n) is 15.8. The van der Waals surface area contributed by atoms with Gasteiger partial charge in [0.05, 0.1) is 6.20 Å². The SMILES string of the molecule is Cc1ccccc1C(=O)NC(C(=O)NCc1cnn(C)c1C(=O)O)C(C)C. The van der Waals surface area contributed by atoms with E-state index in [0.717, 1.165) is 5.56 Å². The van der Waals surface area contributed by atoms with Crippen LogP contribution in [0.1, 0.15) is 45.8 Å². The van der Waals surface area contributed by atoms with Crippen molar-refractivity contribution in [1.29, 1.82) is 0 Å². The molecule has 0 radical (unpaired) electrons. The number of carboxylic acid groups (broad SMARTS) is 1. The molecule has 2 rings (SSSR count). The molecule has 1 aromatic heterocycles. The van der Waals surface area contributed by atoms with Crippen molar-refractivity contribution in [3.05, 3.63) is 52.8 Å². The number of amides is 2. The van der Waals surface area contributed by atoms with Crippen molar-refractivity contribution in [2.24, 2.45) is 13.0 Å². The number of carboxylic acids is 1. The Kier molecular flexibility index (Phi) is 6.33. The van der Waals surface area contributed by atoms with Crippen LogP contribution in [0.3, 0.4) is 0 Å². The minimum absolute atomic E-state index is 0.0117. The van der Waals surface area contributed by atoms with Gasteiger partial charge in [-0.3, -0.25) is 14.3 Å². The number of benzene rings is 1. The number of aromatic nitrogens is 2. The van der Waals surface area contributed by atoms with E-state index in [1.807, 2.05) is 32.9 Å². The first-order valence-electron chi connectivity index (χ1n) is 8.60. The summed E-state index contributed by atoms with van der Waals surface area (Å²) in [6, 6.07) is 6.39. The van der Waals surface area contributed by atoms with E-state index in [1.54, 1.807) is 12.1 Å². The Morgan fingerprint density at radius 2 is 1.89 bits per heavy atom. The van der Waals surface area contributed by atoms with Gasteiger partial charge in [-0.05, 0) is 24.5 Å². The molecule has 0 aliphatic heterocycles. The second kappa shape index (κ2) is 8.48. The highest BCUT2D eigenvalue weighted by Crippen LogP contribution is 2.11. The van der Waals surface area contributed by atoms with Crippen molar-refractivity contribution in [3.8, 4) is 0 Å². The number of hydrogen-bond donors (Lipinski definition) is 3. The number of nitrogens with one attached hydrogen (secondary N) is 2. The van der Waals surface area contributed by atoms with Gasteiger partial charge in [0.2, 0.25) is 5.91 Å². The molecule has 0 spiro atoms. The van der Waals surface area contributed by atoms with E-state index in [1.165, 1.54) is 17.9 Å². The molecule has 8 heteroatoms. The van der Waals surface area contributed by atoms with Crippen molar-refractivity contribution >= 4 is 17.8 Å². The zero-order chi connectivity index (χ0) is 20.1. The summed E-state index contributed by atoms with van der Waals surface area (Å²) in [4.78, 5) is 36.4. The Balaban J connectivity index is 2.08. The molecule has 3 N–H and O–H groups in total. The van der Waals surface area contributed by atoms with E-state index in [-0.39, 0.29) is 30.0 Å². The number of carbonyl (C=O) groups is 3. The average molecular weight is 372 g/mol. The molecule has 0 saturated carbocycles. The van der Waals surface area contributed by atoms with Gasteiger partial charge in [-0.1, -0.05) is 32.0 Å². The third kappa shape index (κ3) is 4.72. The number of rotatable bonds is 7. The van der Waals surface area contributed by atoms with Gasteiger partial charge < -0.3 is 15.7 Å². The lowest BCUT2D eigenvalue weighted by Gasteiger charge is -2.22. The monoisotopic (exact) mass is 372 g/mol. The molecular formula is C19H24N4O4. The lowest BCUT2D eigenvalue weighted by Crippen LogP contribution is -2.49. The summed E-state index contributed by atoms with van der Waals surface area (Å²) in [6.45, 7) is 5.50. The van der Waals surface area contributed by atoms with Crippen LogP contribution in [0.25, 0.3) is 0 Å². The van der Waals surface area contributed by atoms with Crippen molar-refractivity contribution < 1.29 is 19.5 Å². The standard InChI is InChI=1S/C19H24N4O4/c1-11(2)15(22-17(24)14-8-6-5-7-12(14)3)18(25)20-9-13-10-21-23(4)16(13)19(26)27/h5-8,10-11,15H,9H2,1-4H3,(H,20,25)(H,22,24)(H,26,27). The van der Waals surface area contributed by atoms with Crippen LogP contribution in [0.4, 0.5) is 0 Å². The number of nitrogens with zero attached hydrogens (tertiary/aromatic N) is 2. The molecular weight excluding hydrogens is 348 g/mol. The maximum absolute atomic E-state index is 12.6. The maximum Gasteiger partial charge on any atom is 0.354 e. The van der Waals surface area contributed by atoms with E-state index in [9.17, 15) is 19.5 Å². The van der Waals surface area contributed by atoms with Crippen molar-refractivity contribution in [2.75, 3.05) is 0 Å². The van der Waals surface area contributed by atoms with Crippen LogP contribution in [-0.4, -0.2) is 38.7 Å². The summed E-state index contributed by atoms with van der Waals surface area (Å²) in [5.41, 5.74) is 1.74. The van der Waals surface area contributed by atoms with Gasteiger partial charge in [0.15, 0.2) is 5.69 Å². The third-order valence-electron chi connectivity index (χ3n) is 4.30. The van der Waals surface area contributed by atoms with Gasteiger partial charge in [0, 0.05) is 24.7 Å². The fourth-order valence-electron chi connectivity index (χ4n) is 2.76. The lowest BCUT2D eigenvalue weighted by atomic mass is 10.0. The second-order valence-electron chi connectivity index (χ2n) is 6.68. The van der Waals surface area contributed by atoms with Crippen LogP contribution in [0.5, 0.6) is 0 Å². The first-order chi connectivity index (χ1) is 12.7. The molecule has 0 aliphatic carbocycles. The molecule has 0 aliphatic rings. The molecule has 27 heavy (non-hydrogen) atoms. The summed E-state index contributed by atoms with van der Waals surface area (Å²) in [5, 5.41) is 18.6. The number of carbonyl (C=O) groups excluding carboxylic acids is 2. The van der Waals surface area contributed by atoms with E-state index >= 15 is 0 Å². The summed E-state index contributed by atoms with van der Waals surface area (Å²) in [5.74, 6) is -1.97. The highest BCUT2D eigenvalue weighted by molar-refractivity contribution is 5.98. The minimum atomic E-state index is -1.12. The number of hydrogen-bond acceptors (Lipinski definition) is 4. The van der Waals surface area contributed by atoms with Crippen LogP contribution >= 0.6 is 0 Å². The van der Waals surface area contributed by atoms with Crippen molar-refractivity contribution in [1.82, 2.24) is 20.4 Å². The summed E-state index contributed by atoms with van der Waals surface area (Å²) in [6.07, 6.45) is 1.40. The Morgan fingerprint density at radius 1 is 1.22 bits per heavy atom. The predicted molar refractivity (Wildman–Crippen MR) is 99.3 cm³/mol. The van der Waals surface area contributed by atoms with Gasteiger partial charge >= 0.3 is 5.97 Å².